The molecule has 1 unspecified atom stereocenters. The molecule has 2 N–H and O–H groups in total. The van der Waals surface area contributed by atoms with Crippen LogP contribution < -0.4 is 10.9 Å². The predicted molar refractivity (Wildman–Crippen MR) is 121 cm³/mol. The Morgan fingerprint density at radius 1 is 1.20 bits per heavy atom. The van der Waals surface area contributed by atoms with Gasteiger partial charge in [0.1, 0.15) is 23.5 Å². The molecule has 3 atom stereocenters. The fourth-order valence-corrected chi connectivity index (χ4v) is 7.00. The third kappa shape index (κ3) is 4.32. The molecule has 1 aliphatic carbocycles. The van der Waals surface area contributed by atoms with Gasteiger partial charge in [-0.1, -0.05) is 23.2 Å². The maximum atomic E-state index is 12.9. The number of amides is 1. The summed E-state index contributed by atoms with van der Waals surface area (Å²) in [5.74, 6) is -6.62. The van der Waals surface area contributed by atoms with Crippen LogP contribution in [-0.4, -0.2) is 60.8 Å². The zero-order valence-electron chi connectivity index (χ0n) is 17.7. The number of hydrogen-bond donors (Lipinski definition) is 2. The van der Waals surface area contributed by atoms with Crippen molar-refractivity contribution in [3.63, 3.8) is 0 Å². The minimum Gasteiger partial charge on any atom is -0.478 e. The number of carbonyl (C=O) groups excluding carboxylic acids is 3. The lowest BCUT2D eigenvalue weighted by molar-refractivity contribution is -0.141. The SMILES string of the molecule is CC(=O)OCC1=C(C(=O)O)C2C(=O)[C@@H](NC(=O)c3cc4cc(Cl)cc(Cl)c4oc3=O)[C@H]2S(=O)(=O)C1. The van der Waals surface area contributed by atoms with Gasteiger partial charge < -0.3 is 19.6 Å². The van der Waals surface area contributed by atoms with Crippen LogP contribution in [0.4, 0.5) is 0 Å². The minimum atomic E-state index is -4.14. The first-order valence-electron chi connectivity index (χ1n) is 9.89. The number of rotatable bonds is 5. The van der Waals surface area contributed by atoms with E-state index in [2.05, 4.69) is 5.32 Å². The number of ether oxygens (including phenoxy) is 1. The molecule has 0 bridgehead atoms. The van der Waals surface area contributed by atoms with Crippen molar-refractivity contribution in [3.8, 4) is 0 Å². The van der Waals surface area contributed by atoms with Crippen molar-refractivity contribution in [2.24, 2.45) is 5.92 Å². The zero-order chi connectivity index (χ0) is 25.8. The monoisotopic (exact) mass is 543 g/mol. The van der Waals surface area contributed by atoms with Crippen LogP contribution in [0.3, 0.4) is 0 Å². The van der Waals surface area contributed by atoms with Gasteiger partial charge in [0.25, 0.3) is 5.91 Å². The maximum absolute atomic E-state index is 12.9. The Kier molecular flexibility index (Phi) is 6.24. The smallest absolute Gasteiger partial charge is 0.349 e. The van der Waals surface area contributed by atoms with E-state index in [0.717, 1.165) is 13.0 Å². The first-order chi connectivity index (χ1) is 16.3. The van der Waals surface area contributed by atoms with Gasteiger partial charge in [0.2, 0.25) is 0 Å². The lowest BCUT2D eigenvalue weighted by Gasteiger charge is -2.45. The second kappa shape index (κ2) is 8.77. The van der Waals surface area contributed by atoms with Crippen LogP contribution in [0.2, 0.25) is 10.0 Å². The van der Waals surface area contributed by atoms with Gasteiger partial charge in [0.15, 0.2) is 21.2 Å². The molecule has 2 aliphatic rings. The minimum absolute atomic E-state index is 0.0243. The Balaban J connectivity index is 1.66. The molecule has 1 aromatic heterocycles. The standard InChI is InChI=1S/C21H15Cl2NO10S/c1-7(25)33-5-9-6-35(31,32)18-14(13(9)20(28)29)16(26)15(18)24-19(27)11-3-8-2-10(22)4-12(23)17(8)34-21(11)30/h2-4,14-15,18H,5-6H2,1H3,(H,24,27)(H,28,29)/t14?,15-,18+/m1/s1. The van der Waals surface area contributed by atoms with Gasteiger partial charge in [-0.25, -0.2) is 18.0 Å². The predicted octanol–water partition coefficient (Wildman–Crippen LogP) is 1.14. The molecule has 1 aromatic carbocycles. The van der Waals surface area contributed by atoms with E-state index in [1.165, 1.54) is 12.1 Å². The Labute approximate surface area is 206 Å². The van der Waals surface area contributed by atoms with Crippen molar-refractivity contribution in [2.75, 3.05) is 12.4 Å². The Bertz CT molecular complexity index is 1520. The molecule has 0 radical (unpaired) electrons. The molecule has 2 heterocycles. The summed E-state index contributed by atoms with van der Waals surface area (Å²) in [7, 11) is -4.14. The van der Waals surface area contributed by atoms with E-state index in [4.69, 9.17) is 32.4 Å². The fourth-order valence-electron chi connectivity index (χ4n) is 4.23. The third-order valence-corrected chi connectivity index (χ3v) is 8.34. The van der Waals surface area contributed by atoms with Crippen molar-refractivity contribution in [3.05, 3.63) is 55.4 Å². The van der Waals surface area contributed by atoms with Crippen molar-refractivity contribution >= 4 is 67.6 Å². The van der Waals surface area contributed by atoms with Gasteiger partial charge in [-0.15, -0.1) is 0 Å². The van der Waals surface area contributed by atoms with Crippen LogP contribution in [0.15, 0.2) is 38.6 Å². The first kappa shape index (κ1) is 24.9. The molecule has 11 nitrogen and oxygen atoms in total. The number of ketones is 1. The number of carbonyl (C=O) groups is 4. The van der Waals surface area contributed by atoms with E-state index in [1.807, 2.05) is 0 Å². The number of halogens is 2. The highest BCUT2D eigenvalue weighted by Crippen LogP contribution is 2.42. The van der Waals surface area contributed by atoms with Gasteiger partial charge in [0.05, 0.1) is 22.3 Å². The second-order valence-corrected chi connectivity index (χ2v) is 11.0. The van der Waals surface area contributed by atoms with E-state index in [0.29, 0.717) is 0 Å². The average molecular weight is 544 g/mol. The number of Topliss-reactive ketones (excluding diaryl/α,β-unsaturated/α-hetero) is 1. The number of esters is 1. The summed E-state index contributed by atoms with van der Waals surface area (Å²) >= 11 is 11.9. The summed E-state index contributed by atoms with van der Waals surface area (Å²) in [6.45, 7) is 0.458. The van der Waals surface area contributed by atoms with Crippen LogP contribution in [0.5, 0.6) is 0 Å². The number of benzene rings is 1. The highest BCUT2D eigenvalue weighted by Gasteiger charge is 2.62. The average Bonchev–Trinajstić information content (AvgIpc) is 2.74. The van der Waals surface area contributed by atoms with E-state index in [1.54, 1.807) is 0 Å². The van der Waals surface area contributed by atoms with Crippen LogP contribution in [0.1, 0.15) is 17.3 Å². The lowest BCUT2D eigenvalue weighted by Crippen LogP contribution is -2.70. The van der Waals surface area contributed by atoms with Crippen molar-refractivity contribution < 1.29 is 41.9 Å². The summed E-state index contributed by atoms with van der Waals surface area (Å²) in [4.78, 5) is 60.9. The van der Waals surface area contributed by atoms with Gasteiger partial charge >= 0.3 is 17.6 Å². The molecule has 1 saturated carbocycles. The maximum Gasteiger partial charge on any atom is 0.349 e. The van der Waals surface area contributed by atoms with E-state index in [-0.39, 0.29) is 26.6 Å². The molecular weight excluding hydrogens is 529 g/mol. The molecule has 1 amide bonds. The molecular formula is C21H15Cl2NO10S. The van der Waals surface area contributed by atoms with Crippen LogP contribution in [0.25, 0.3) is 11.0 Å². The van der Waals surface area contributed by atoms with Crippen molar-refractivity contribution in [1.82, 2.24) is 5.32 Å². The highest BCUT2D eigenvalue weighted by atomic mass is 35.5. The first-order valence-corrected chi connectivity index (χ1v) is 12.4. The Morgan fingerprint density at radius 2 is 1.89 bits per heavy atom. The van der Waals surface area contributed by atoms with Gasteiger partial charge in [-0.2, -0.15) is 0 Å². The van der Waals surface area contributed by atoms with E-state index >= 15 is 0 Å². The summed E-state index contributed by atoms with van der Waals surface area (Å²) in [5.41, 5.74) is -2.37. The normalized spacial score (nSPS) is 22.8. The number of nitrogens with one attached hydrogen (secondary N) is 1. The number of carboxylic acids is 1. The number of aliphatic carboxylic acids is 1. The molecule has 1 fully saturated rings. The van der Waals surface area contributed by atoms with E-state index in [9.17, 15) is 37.5 Å². The Hall–Kier alpha value is -3.22. The topological polar surface area (TPSA) is 174 Å². The summed E-state index contributed by atoms with van der Waals surface area (Å²) in [6.07, 6.45) is 0. The third-order valence-electron chi connectivity index (χ3n) is 5.72. The van der Waals surface area contributed by atoms with Crippen LogP contribution in [-0.2, 0) is 29.0 Å². The molecule has 184 valence electrons. The number of hydrogen-bond acceptors (Lipinski definition) is 9. The number of sulfone groups is 1. The van der Waals surface area contributed by atoms with Crippen LogP contribution >= 0.6 is 23.2 Å². The van der Waals surface area contributed by atoms with E-state index < -0.39 is 79.8 Å². The quantitative estimate of drug-likeness (QED) is 0.410. The largest absolute Gasteiger partial charge is 0.478 e. The van der Waals surface area contributed by atoms with Crippen molar-refractivity contribution in [2.45, 2.75) is 18.2 Å². The number of carboxylic acid groups (broad SMARTS) is 1. The fraction of sp³-hybridized carbons (Fsp3) is 0.286. The van der Waals surface area contributed by atoms with Gasteiger partial charge in [-0.3, -0.25) is 14.4 Å². The molecule has 1 aliphatic heterocycles. The second-order valence-electron chi connectivity index (χ2n) is 7.96. The summed E-state index contributed by atoms with van der Waals surface area (Å²) < 4.78 is 35.6. The molecule has 0 saturated heterocycles. The van der Waals surface area contributed by atoms with Gasteiger partial charge in [0, 0.05) is 17.3 Å². The number of fused-ring (bicyclic) bond motifs is 2. The molecule has 0 spiro atoms. The molecule has 2 aromatic rings. The van der Waals surface area contributed by atoms with Crippen molar-refractivity contribution in [1.29, 1.82) is 0 Å². The molecule has 35 heavy (non-hydrogen) atoms. The highest BCUT2D eigenvalue weighted by molar-refractivity contribution is 7.92. The molecule has 14 heteroatoms. The zero-order valence-corrected chi connectivity index (χ0v) is 20.0. The van der Waals surface area contributed by atoms with Crippen LogP contribution in [0, 0.1) is 5.92 Å². The van der Waals surface area contributed by atoms with Gasteiger partial charge in [-0.05, 0) is 23.8 Å². The summed E-state index contributed by atoms with van der Waals surface area (Å²) in [6, 6.07) is 2.25. The lowest BCUT2D eigenvalue weighted by atomic mass is 9.71. The summed E-state index contributed by atoms with van der Waals surface area (Å²) in [5, 5.41) is 10.7. The Morgan fingerprint density at radius 3 is 2.51 bits per heavy atom. The molecule has 4 rings (SSSR count).